The second-order valence-electron chi connectivity index (χ2n) is 2.87. The lowest BCUT2D eigenvalue weighted by molar-refractivity contribution is 0.585. The molecule has 1 aromatic heterocycles. The van der Waals surface area contributed by atoms with E-state index in [1.807, 2.05) is 0 Å². The van der Waals surface area contributed by atoms with Crippen molar-refractivity contribution in [1.29, 1.82) is 0 Å². The van der Waals surface area contributed by atoms with E-state index < -0.39 is 11.6 Å². The normalized spacial score (nSPS) is 10.5. The van der Waals surface area contributed by atoms with Gasteiger partial charge in [-0.05, 0) is 19.1 Å². The summed E-state index contributed by atoms with van der Waals surface area (Å²) < 4.78 is 25.8. The number of nitrogens with one attached hydrogen (secondary N) is 1. The highest BCUT2D eigenvalue weighted by Crippen LogP contribution is 2.19. The predicted octanol–water partition coefficient (Wildman–Crippen LogP) is 2.06. The fourth-order valence-corrected chi connectivity index (χ4v) is 1.13. The first-order valence-electron chi connectivity index (χ1n) is 4.01. The van der Waals surface area contributed by atoms with Crippen molar-refractivity contribution in [2.24, 2.45) is 0 Å². The van der Waals surface area contributed by atoms with Crippen LogP contribution in [0.4, 0.5) is 8.78 Å². The fraction of sp³-hybridized carbons (Fsp3) is 0.111. The Bertz CT molecular complexity index is 465. The van der Waals surface area contributed by atoms with E-state index >= 15 is 0 Å². The Balaban J connectivity index is 2.52. The molecule has 72 valence electrons. The van der Waals surface area contributed by atoms with Gasteiger partial charge in [0.1, 0.15) is 17.5 Å². The number of hydrogen-bond acceptors (Lipinski definition) is 2. The van der Waals surface area contributed by atoms with Gasteiger partial charge in [-0.1, -0.05) is 0 Å². The van der Waals surface area contributed by atoms with Crippen LogP contribution >= 0.6 is 0 Å². The lowest BCUT2D eigenvalue weighted by Gasteiger charge is -1.96. The number of hydrogen-bond donors (Lipinski definition) is 1. The van der Waals surface area contributed by atoms with Gasteiger partial charge >= 0.3 is 0 Å². The zero-order valence-corrected chi connectivity index (χ0v) is 7.38. The van der Waals surface area contributed by atoms with Crippen molar-refractivity contribution < 1.29 is 8.78 Å². The first-order valence-corrected chi connectivity index (χ1v) is 4.01. The summed E-state index contributed by atoms with van der Waals surface area (Å²) in [5.41, 5.74) is 0.191. The summed E-state index contributed by atoms with van der Waals surface area (Å²) >= 11 is 0. The van der Waals surface area contributed by atoms with Gasteiger partial charge in [0.15, 0.2) is 5.82 Å². The van der Waals surface area contributed by atoms with Crippen LogP contribution in [0.25, 0.3) is 11.4 Å². The minimum atomic E-state index is -0.663. The molecule has 1 N–H and O–H groups in total. The molecule has 14 heavy (non-hydrogen) atoms. The second kappa shape index (κ2) is 3.17. The maximum atomic E-state index is 13.2. The van der Waals surface area contributed by atoms with E-state index in [2.05, 4.69) is 15.2 Å². The van der Waals surface area contributed by atoms with Gasteiger partial charge in [-0.3, -0.25) is 5.10 Å². The van der Waals surface area contributed by atoms with Gasteiger partial charge in [0.05, 0.1) is 5.56 Å². The summed E-state index contributed by atoms with van der Waals surface area (Å²) in [5, 5.41) is 6.37. The molecule has 0 saturated carbocycles. The number of aromatic nitrogens is 3. The van der Waals surface area contributed by atoms with Crippen molar-refractivity contribution in [3.05, 3.63) is 35.7 Å². The molecule has 0 aliphatic carbocycles. The Hall–Kier alpha value is -1.78. The molecule has 1 heterocycles. The molecule has 0 aliphatic rings. The summed E-state index contributed by atoms with van der Waals surface area (Å²) in [6.07, 6.45) is 0. The number of nitrogens with zero attached hydrogens (tertiary/aromatic N) is 2. The van der Waals surface area contributed by atoms with Gasteiger partial charge < -0.3 is 0 Å². The number of benzene rings is 1. The molecule has 0 atom stereocenters. The predicted molar refractivity (Wildman–Crippen MR) is 46.5 cm³/mol. The smallest absolute Gasteiger partial charge is 0.184 e. The first kappa shape index (κ1) is 8.80. The largest absolute Gasteiger partial charge is 0.263 e. The zero-order chi connectivity index (χ0) is 10.1. The molecule has 2 aromatic rings. The molecule has 0 spiro atoms. The minimum absolute atomic E-state index is 0.191. The van der Waals surface area contributed by atoms with Gasteiger partial charge in [0, 0.05) is 6.07 Å². The molecule has 5 heteroatoms. The van der Waals surface area contributed by atoms with Crippen LogP contribution in [0.3, 0.4) is 0 Å². The highest BCUT2D eigenvalue weighted by molar-refractivity contribution is 5.55. The van der Waals surface area contributed by atoms with Gasteiger partial charge in [0.25, 0.3) is 0 Å². The Morgan fingerprint density at radius 2 is 2.07 bits per heavy atom. The minimum Gasteiger partial charge on any atom is -0.263 e. The van der Waals surface area contributed by atoms with Crippen molar-refractivity contribution in [3.8, 4) is 11.4 Å². The lowest BCUT2D eigenvalue weighted by atomic mass is 10.2. The monoisotopic (exact) mass is 195 g/mol. The Labute approximate surface area is 78.8 Å². The summed E-state index contributed by atoms with van der Waals surface area (Å²) in [4.78, 5) is 3.94. The van der Waals surface area contributed by atoms with Crippen LogP contribution in [0.5, 0.6) is 0 Å². The molecule has 0 aliphatic heterocycles. The van der Waals surface area contributed by atoms with Gasteiger partial charge in [0.2, 0.25) is 0 Å². The Morgan fingerprint density at radius 1 is 1.29 bits per heavy atom. The quantitative estimate of drug-likeness (QED) is 0.756. The summed E-state index contributed by atoms with van der Waals surface area (Å²) in [6, 6.07) is 3.29. The molecule has 3 nitrogen and oxygen atoms in total. The van der Waals surface area contributed by atoms with Crippen molar-refractivity contribution in [2.75, 3.05) is 0 Å². The molecular weight excluding hydrogens is 188 g/mol. The molecular formula is C9H7F2N3. The number of aryl methyl sites for hydroxylation is 1. The van der Waals surface area contributed by atoms with Crippen LogP contribution in [0, 0.1) is 18.6 Å². The third-order valence-corrected chi connectivity index (χ3v) is 1.77. The fourth-order valence-electron chi connectivity index (χ4n) is 1.13. The Kier molecular flexibility index (Phi) is 1.99. The van der Waals surface area contributed by atoms with Crippen LogP contribution in [0.2, 0.25) is 0 Å². The number of H-pyrrole nitrogens is 1. The van der Waals surface area contributed by atoms with E-state index in [0.717, 1.165) is 6.07 Å². The highest BCUT2D eigenvalue weighted by Gasteiger charge is 2.09. The van der Waals surface area contributed by atoms with Crippen LogP contribution in [0.1, 0.15) is 5.82 Å². The molecule has 0 bridgehead atoms. The highest BCUT2D eigenvalue weighted by atomic mass is 19.1. The number of rotatable bonds is 1. The number of halogens is 2. The summed E-state index contributed by atoms with van der Waals surface area (Å²) in [6.45, 7) is 1.71. The van der Waals surface area contributed by atoms with E-state index in [1.54, 1.807) is 6.92 Å². The molecule has 1 aromatic carbocycles. The van der Waals surface area contributed by atoms with E-state index in [0.29, 0.717) is 5.82 Å². The SMILES string of the molecule is Cc1nc(-c2ccc(F)cc2F)n[nH]1. The lowest BCUT2D eigenvalue weighted by Crippen LogP contribution is -1.88. The summed E-state index contributed by atoms with van der Waals surface area (Å²) in [5.74, 6) is -0.453. The average Bonchev–Trinajstić information content (AvgIpc) is 2.51. The maximum Gasteiger partial charge on any atom is 0.184 e. The van der Waals surface area contributed by atoms with Crippen LogP contribution < -0.4 is 0 Å². The Morgan fingerprint density at radius 3 is 2.64 bits per heavy atom. The van der Waals surface area contributed by atoms with E-state index in [9.17, 15) is 8.78 Å². The van der Waals surface area contributed by atoms with Crippen molar-refractivity contribution >= 4 is 0 Å². The van der Waals surface area contributed by atoms with Gasteiger partial charge in [-0.25, -0.2) is 13.8 Å². The summed E-state index contributed by atoms with van der Waals surface area (Å²) in [7, 11) is 0. The van der Waals surface area contributed by atoms with Crippen molar-refractivity contribution in [1.82, 2.24) is 15.2 Å². The zero-order valence-electron chi connectivity index (χ0n) is 7.38. The van der Waals surface area contributed by atoms with Gasteiger partial charge in [-0.2, -0.15) is 5.10 Å². The first-order chi connectivity index (χ1) is 6.66. The van der Waals surface area contributed by atoms with E-state index in [-0.39, 0.29) is 11.4 Å². The standard InChI is InChI=1S/C9H7F2N3/c1-5-12-9(14-13-5)7-3-2-6(10)4-8(7)11/h2-4H,1H3,(H,12,13,14). The van der Waals surface area contributed by atoms with Gasteiger partial charge in [-0.15, -0.1) is 0 Å². The van der Waals surface area contributed by atoms with Crippen LogP contribution in [-0.4, -0.2) is 15.2 Å². The third-order valence-electron chi connectivity index (χ3n) is 1.77. The molecule has 2 rings (SSSR count). The number of aromatic amines is 1. The van der Waals surface area contributed by atoms with E-state index in [1.165, 1.54) is 12.1 Å². The van der Waals surface area contributed by atoms with Crippen LogP contribution in [-0.2, 0) is 0 Å². The third kappa shape index (κ3) is 1.48. The molecule has 0 fully saturated rings. The maximum absolute atomic E-state index is 13.2. The average molecular weight is 195 g/mol. The second-order valence-corrected chi connectivity index (χ2v) is 2.87. The van der Waals surface area contributed by atoms with Crippen molar-refractivity contribution in [3.63, 3.8) is 0 Å². The van der Waals surface area contributed by atoms with Crippen LogP contribution in [0.15, 0.2) is 18.2 Å². The topological polar surface area (TPSA) is 41.6 Å². The molecule has 0 unspecified atom stereocenters. The van der Waals surface area contributed by atoms with E-state index in [4.69, 9.17) is 0 Å². The molecule has 0 radical (unpaired) electrons. The molecule has 0 saturated heterocycles. The van der Waals surface area contributed by atoms with Crippen molar-refractivity contribution in [2.45, 2.75) is 6.92 Å². The molecule has 0 amide bonds.